The molecule has 1 unspecified atom stereocenters. The first-order valence-corrected chi connectivity index (χ1v) is 9.13. The van der Waals surface area contributed by atoms with Gasteiger partial charge in [-0.05, 0) is 23.0 Å². The largest absolute Gasteiger partial charge is 0.416 e. The summed E-state index contributed by atoms with van der Waals surface area (Å²) in [6.45, 7) is 0. The van der Waals surface area contributed by atoms with Crippen LogP contribution in [-0.4, -0.2) is 13.2 Å². The van der Waals surface area contributed by atoms with Gasteiger partial charge in [-0.15, -0.1) is 0 Å². The fraction of sp³-hybridized carbons (Fsp3) is 0.182. The number of hydrogen-bond acceptors (Lipinski definition) is 3. The minimum Gasteiger partial charge on any atom is -0.413 e. The van der Waals surface area contributed by atoms with E-state index < -0.39 is 0 Å². The molecule has 3 aromatic carbocycles. The van der Waals surface area contributed by atoms with Gasteiger partial charge in [0, 0.05) is 6.04 Å². The molecule has 0 spiro atoms. The van der Waals surface area contributed by atoms with Crippen LogP contribution in [0.3, 0.4) is 0 Å². The van der Waals surface area contributed by atoms with Gasteiger partial charge in [-0.2, -0.15) is 0 Å². The van der Waals surface area contributed by atoms with Crippen LogP contribution in [-0.2, 0) is 4.65 Å². The number of nitrogens with two attached hydrogens (primary N) is 1. The van der Waals surface area contributed by atoms with E-state index in [-0.39, 0.29) is 25.2 Å². The molecule has 0 saturated carbocycles. The number of benzene rings is 3. The summed E-state index contributed by atoms with van der Waals surface area (Å²) in [5.74, 6) is 0. The molecule has 0 bridgehead atoms. The quantitative estimate of drug-likeness (QED) is 0.716. The third-order valence-electron chi connectivity index (χ3n) is 5.02. The Morgan fingerprint density at radius 3 is 2.08 bits per heavy atom. The van der Waals surface area contributed by atoms with Gasteiger partial charge in [0.1, 0.15) is 0 Å². The van der Waals surface area contributed by atoms with Gasteiger partial charge in [0.05, 0.1) is 12.1 Å². The summed E-state index contributed by atoms with van der Waals surface area (Å²) in [4.78, 5) is 0. The summed E-state index contributed by atoms with van der Waals surface area (Å²) in [6, 6.07) is 31.1. The van der Waals surface area contributed by atoms with Gasteiger partial charge in [-0.1, -0.05) is 91.0 Å². The second-order valence-electron chi connectivity index (χ2n) is 6.77. The molecule has 0 aromatic heterocycles. The lowest BCUT2D eigenvalue weighted by Gasteiger charge is -2.38. The Bertz CT molecular complexity index is 766. The van der Waals surface area contributed by atoms with E-state index in [0.717, 1.165) is 17.4 Å². The van der Waals surface area contributed by atoms with E-state index in [1.165, 1.54) is 5.56 Å². The first-order valence-electron chi connectivity index (χ1n) is 9.13. The average molecular weight is 342 g/mol. The van der Waals surface area contributed by atoms with Crippen LogP contribution in [0.15, 0.2) is 91.0 Å². The second kappa shape index (κ2) is 7.87. The van der Waals surface area contributed by atoms with Gasteiger partial charge < -0.3 is 15.6 Å². The second-order valence-corrected chi connectivity index (χ2v) is 6.77. The summed E-state index contributed by atoms with van der Waals surface area (Å²) in [5.41, 5.74) is 10.1. The Balaban J connectivity index is 1.63. The van der Waals surface area contributed by atoms with Crippen molar-refractivity contribution in [2.24, 2.45) is 5.73 Å². The molecule has 4 rings (SSSR count). The van der Waals surface area contributed by atoms with Gasteiger partial charge in [0.15, 0.2) is 0 Å². The van der Waals surface area contributed by atoms with Gasteiger partial charge in [-0.3, -0.25) is 0 Å². The van der Waals surface area contributed by atoms with E-state index in [4.69, 9.17) is 10.4 Å². The highest BCUT2D eigenvalue weighted by atomic mass is 16.5. The minimum absolute atomic E-state index is 0.0611. The van der Waals surface area contributed by atoms with E-state index in [1.807, 2.05) is 42.5 Å². The molecular formula is C22H23BN2O. The van der Waals surface area contributed by atoms with Crippen molar-refractivity contribution < 1.29 is 4.65 Å². The van der Waals surface area contributed by atoms with Crippen LogP contribution in [0, 0.1) is 0 Å². The zero-order chi connectivity index (χ0) is 17.8. The zero-order valence-electron chi connectivity index (χ0n) is 14.7. The van der Waals surface area contributed by atoms with E-state index in [1.54, 1.807) is 0 Å². The third kappa shape index (κ3) is 3.73. The summed E-state index contributed by atoms with van der Waals surface area (Å²) in [6.07, 6.45) is 0.776. The van der Waals surface area contributed by atoms with Crippen molar-refractivity contribution in [2.45, 2.75) is 24.6 Å². The average Bonchev–Trinajstić information content (AvgIpc) is 2.75. The summed E-state index contributed by atoms with van der Waals surface area (Å²) < 4.78 is 6.40. The van der Waals surface area contributed by atoms with Crippen molar-refractivity contribution in [1.29, 1.82) is 0 Å². The molecule has 1 aliphatic rings. The van der Waals surface area contributed by atoms with Crippen molar-refractivity contribution in [3.05, 3.63) is 102 Å². The molecule has 0 radical (unpaired) electrons. The van der Waals surface area contributed by atoms with Gasteiger partial charge in [0.2, 0.25) is 0 Å². The van der Waals surface area contributed by atoms with Crippen molar-refractivity contribution >= 4 is 12.5 Å². The number of nitrogens with one attached hydrogen (secondary N) is 1. The van der Waals surface area contributed by atoms with Crippen LogP contribution in [0.5, 0.6) is 0 Å². The summed E-state index contributed by atoms with van der Waals surface area (Å²) in [7, 11) is -0.171. The molecule has 0 amide bonds. The Kier molecular flexibility index (Phi) is 5.16. The SMILES string of the molecule is NC(c1ccccc1)[C@@H]1C[C@H](c2ccccc2)NB(c2ccccc2)O1. The Morgan fingerprint density at radius 1 is 0.846 bits per heavy atom. The first kappa shape index (κ1) is 17.0. The maximum Gasteiger partial charge on any atom is 0.416 e. The van der Waals surface area contributed by atoms with Gasteiger partial charge in [0.25, 0.3) is 0 Å². The van der Waals surface area contributed by atoms with Gasteiger partial charge in [-0.25, -0.2) is 0 Å². The van der Waals surface area contributed by atoms with E-state index in [2.05, 4.69) is 53.8 Å². The fourth-order valence-electron chi connectivity index (χ4n) is 3.59. The Morgan fingerprint density at radius 2 is 1.42 bits per heavy atom. The van der Waals surface area contributed by atoms with Crippen LogP contribution in [0.2, 0.25) is 0 Å². The number of rotatable bonds is 4. The third-order valence-corrected chi connectivity index (χ3v) is 5.02. The zero-order valence-corrected chi connectivity index (χ0v) is 14.7. The molecule has 1 heterocycles. The maximum atomic E-state index is 6.60. The first-order chi connectivity index (χ1) is 12.8. The van der Waals surface area contributed by atoms with Crippen LogP contribution in [0.4, 0.5) is 0 Å². The summed E-state index contributed by atoms with van der Waals surface area (Å²) in [5, 5.41) is 3.64. The smallest absolute Gasteiger partial charge is 0.413 e. The van der Waals surface area contributed by atoms with Gasteiger partial charge >= 0.3 is 7.05 Å². The van der Waals surface area contributed by atoms with Crippen molar-refractivity contribution in [3.63, 3.8) is 0 Å². The lowest BCUT2D eigenvalue weighted by molar-refractivity contribution is 0.123. The molecule has 3 aromatic rings. The standard InChI is InChI=1S/C22H23BN2O/c24-22(18-12-6-2-7-13-18)21-16-20(17-10-4-1-5-11-17)25-23(26-21)19-14-8-3-9-15-19/h1-15,20-22,25H,16,24H2/t20-,21+,22?/m1/s1. The predicted octanol–water partition coefficient (Wildman–Crippen LogP) is 3.20. The maximum absolute atomic E-state index is 6.60. The number of hydrogen-bond donors (Lipinski definition) is 2. The van der Waals surface area contributed by atoms with Crippen molar-refractivity contribution in [3.8, 4) is 0 Å². The van der Waals surface area contributed by atoms with E-state index in [0.29, 0.717) is 0 Å². The van der Waals surface area contributed by atoms with Crippen LogP contribution in [0.1, 0.15) is 29.6 Å². The molecule has 3 atom stereocenters. The molecule has 26 heavy (non-hydrogen) atoms. The molecule has 3 nitrogen and oxygen atoms in total. The highest BCUT2D eigenvalue weighted by molar-refractivity contribution is 6.65. The molecule has 130 valence electrons. The molecule has 4 heteroatoms. The van der Waals surface area contributed by atoms with Crippen LogP contribution >= 0.6 is 0 Å². The predicted molar refractivity (Wildman–Crippen MR) is 107 cm³/mol. The topological polar surface area (TPSA) is 47.3 Å². The van der Waals surface area contributed by atoms with Crippen molar-refractivity contribution in [2.75, 3.05) is 0 Å². The van der Waals surface area contributed by atoms with E-state index >= 15 is 0 Å². The molecular weight excluding hydrogens is 319 g/mol. The summed E-state index contributed by atoms with van der Waals surface area (Å²) >= 11 is 0. The molecule has 3 N–H and O–H groups in total. The monoisotopic (exact) mass is 342 g/mol. The van der Waals surface area contributed by atoms with Crippen LogP contribution < -0.4 is 16.4 Å². The highest BCUT2D eigenvalue weighted by Gasteiger charge is 2.37. The normalized spacial score (nSPS) is 21.3. The Hall–Kier alpha value is -2.40. The molecule has 1 aliphatic heterocycles. The fourth-order valence-corrected chi connectivity index (χ4v) is 3.59. The van der Waals surface area contributed by atoms with Crippen molar-refractivity contribution in [1.82, 2.24) is 5.23 Å². The highest BCUT2D eigenvalue weighted by Crippen LogP contribution is 2.30. The van der Waals surface area contributed by atoms with Crippen LogP contribution in [0.25, 0.3) is 0 Å². The molecule has 0 aliphatic carbocycles. The lowest BCUT2D eigenvalue weighted by Crippen LogP contribution is -2.57. The lowest BCUT2D eigenvalue weighted by atomic mass is 9.69. The Labute approximate surface area is 155 Å². The molecule has 1 saturated heterocycles. The minimum atomic E-state index is -0.171. The molecule has 1 fully saturated rings. The van der Waals surface area contributed by atoms with E-state index in [9.17, 15) is 0 Å².